The molecule has 0 aliphatic rings. The maximum absolute atomic E-state index is 12.5. The van der Waals surface area contributed by atoms with Gasteiger partial charge in [-0.15, -0.1) is 0 Å². The molecule has 0 fully saturated rings. The van der Waals surface area contributed by atoms with Crippen molar-refractivity contribution in [3.05, 3.63) is 24.3 Å². The molecule has 0 heterocycles. The van der Waals surface area contributed by atoms with Crippen molar-refractivity contribution in [2.75, 3.05) is 13.2 Å². The molecule has 0 aromatic carbocycles. The second-order valence-corrected chi connectivity index (χ2v) is 21.7. The number of rotatable bonds is 59. The number of amides is 1. The van der Waals surface area contributed by atoms with E-state index in [-0.39, 0.29) is 18.5 Å². The normalized spacial score (nSPS) is 12.7. The number of carbonyl (C=O) groups is 2. The second kappa shape index (κ2) is 59.9. The fourth-order valence-corrected chi connectivity index (χ4v) is 9.91. The van der Waals surface area contributed by atoms with Crippen LogP contribution in [0.1, 0.15) is 348 Å². The molecule has 414 valence electrons. The van der Waals surface area contributed by atoms with E-state index < -0.39 is 12.1 Å². The van der Waals surface area contributed by atoms with Gasteiger partial charge in [-0.25, -0.2) is 0 Å². The molecule has 0 aromatic rings. The van der Waals surface area contributed by atoms with Crippen molar-refractivity contribution < 1.29 is 24.5 Å². The lowest BCUT2D eigenvalue weighted by atomic mass is 10.0. The van der Waals surface area contributed by atoms with Crippen LogP contribution in [-0.2, 0) is 14.3 Å². The number of nitrogens with one attached hydrogen (secondary N) is 1. The van der Waals surface area contributed by atoms with Crippen LogP contribution in [0.4, 0.5) is 0 Å². The van der Waals surface area contributed by atoms with Gasteiger partial charge in [-0.3, -0.25) is 9.59 Å². The number of esters is 1. The van der Waals surface area contributed by atoms with Crippen LogP contribution in [0.5, 0.6) is 0 Å². The van der Waals surface area contributed by atoms with Crippen LogP contribution in [0, 0.1) is 0 Å². The Morgan fingerprint density at radius 3 is 1.09 bits per heavy atom. The molecule has 3 N–H and O–H groups in total. The van der Waals surface area contributed by atoms with Crippen molar-refractivity contribution in [2.45, 2.75) is 360 Å². The zero-order valence-corrected chi connectivity index (χ0v) is 47.3. The number of ether oxygens (including phenoxy) is 1. The SMILES string of the molecule is CCCCCCCCCCCCCCCCCCCCCCCCCC(O)C(CO)NC(=O)CCCCCCCCC/C=C\C/C=C\CCCCCOC(=O)CCCCCCCCCCCCCCC. The summed E-state index contributed by atoms with van der Waals surface area (Å²) in [5.41, 5.74) is 0. The molecule has 70 heavy (non-hydrogen) atoms. The third-order valence-electron chi connectivity index (χ3n) is 14.8. The fourth-order valence-electron chi connectivity index (χ4n) is 9.91. The van der Waals surface area contributed by atoms with Crippen LogP contribution in [0.25, 0.3) is 0 Å². The molecule has 6 heteroatoms. The van der Waals surface area contributed by atoms with Gasteiger partial charge in [-0.2, -0.15) is 0 Å². The number of carbonyl (C=O) groups excluding carboxylic acids is 2. The van der Waals surface area contributed by atoms with Crippen LogP contribution in [-0.4, -0.2) is 47.4 Å². The molecule has 0 aromatic heterocycles. The van der Waals surface area contributed by atoms with E-state index in [0.29, 0.717) is 25.9 Å². The number of aliphatic hydroxyl groups excluding tert-OH is 2. The third kappa shape index (κ3) is 55.7. The maximum atomic E-state index is 12.5. The summed E-state index contributed by atoms with van der Waals surface area (Å²) in [7, 11) is 0. The first-order chi connectivity index (χ1) is 34.5. The van der Waals surface area contributed by atoms with E-state index >= 15 is 0 Å². The van der Waals surface area contributed by atoms with E-state index in [9.17, 15) is 19.8 Å². The van der Waals surface area contributed by atoms with Gasteiger partial charge in [-0.1, -0.05) is 295 Å². The van der Waals surface area contributed by atoms with Gasteiger partial charge in [-0.05, 0) is 64.2 Å². The van der Waals surface area contributed by atoms with Gasteiger partial charge in [0.1, 0.15) is 0 Å². The Bertz CT molecular complexity index is 1090. The molecule has 0 spiro atoms. The Labute approximate surface area is 437 Å². The predicted molar refractivity (Wildman–Crippen MR) is 306 cm³/mol. The van der Waals surface area contributed by atoms with E-state index in [2.05, 4.69) is 43.5 Å². The maximum Gasteiger partial charge on any atom is 0.305 e. The zero-order valence-electron chi connectivity index (χ0n) is 47.3. The van der Waals surface area contributed by atoms with Gasteiger partial charge < -0.3 is 20.3 Å². The molecule has 2 atom stereocenters. The molecular formula is C64H123NO5. The highest BCUT2D eigenvalue weighted by atomic mass is 16.5. The van der Waals surface area contributed by atoms with E-state index in [1.807, 2.05) is 0 Å². The molecule has 0 saturated heterocycles. The lowest BCUT2D eigenvalue weighted by Crippen LogP contribution is -2.45. The average Bonchev–Trinajstić information content (AvgIpc) is 3.36. The van der Waals surface area contributed by atoms with Crippen LogP contribution in [0.3, 0.4) is 0 Å². The predicted octanol–water partition coefficient (Wildman–Crippen LogP) is 19.8. The van der Waals surface area contributed by atoms with Crippen molar-refractivity contribution in [1.29, 1.82) is 0 Å². The van der Waals surface area contributed by atoms with E-state index in [0.717, 1.165) is 83.5 Å². The van der Waals surface area contributed by atoms with Crippen molar-refractivity contribution in [3.8, 4) is 0 Å². The summed E-state index contributed by atoms with van der Waals surface area (Å²) >= 11 is 0. The largest absolute Gasteiger partial charge is 0.466 e. The summed E-state index contributed by atoms with van der Waals surface area (Å²) in [4.78, 5) is 24.5. The highest BCUT2D eigenvalue weighted by Gasteiger charge is 2.20. The Morgan fingerprint density at radius 2 is 0.714 bits per heavy atom. The van der Waals surface area contributed by atoms with Crippen LogP contribution in [0.2, 0.25) is 0 Å². The first-order valence-corrected chi connectivity index (χ1v) is 31.6. The molecule has 1 amide bonds. The number of unbranched alkanes of at least 4 members (excludes halogenated alkanes) is 44. The summed E-state index contributed by atoms with van der Waals surface area (Å²) in [6.45, 7) is 4.93. The molecular weight excluding hydrogens is 863 g/mol. The first kappa shape index (κ1) is 68.3. The van der Waals surface area contributed by atoms with Gasteiger partial charge in [0.15, 0.2) is 0 Å². The summed E-state index contributed by atoms with van der Waals surface area (Å²) in [6, 6.07) is -0.554. The minimum Gasteiger partial charge on any atom is -0.466 e. The Balaban J connectivity index is 3.48. The van der Waals surface area contributed by atoms with Gasteiger partial charge in [0.05, 0.1) is 25.4 Å². The lowest BCUT2D eigenvalue weighted by molar-refractivity contribution is -0.143. The fraction of sp³-hybridized carbons (Fsp3) is 0.906. The Hall–Kier alpha value is -1.66. The molecule has 0 saturated carbocycles. The van der Waals surface area contributed by atoms with E-state index in [1.54, 1.807) is 0 Å². The number of hydrogen-bond acceptors (Lipinski definition) is 5. The van der Waals surface area contributed by atoms with Crippen LogP contribution >= 0.6 is 0 Å². The first-order valence-electron chi connectivity index (χ1n) is 31.6. The standard InChI is InChI=1S/C64H123NO5/c1-3-5-7-9-11-13-15-17-18-19-20-21-22-23-24-26-29-33-36-40-44-48-52-56-62(67)61(60-66)65-63(68)57-53-49-45-41-37-34-30-27-25-28-31-35-39-43-47-51-55-59-70-64(69)58-54-50-46-42-38-32-16-14-12-10-8-6-4-2/h25,28,35,39,61-62,66-67H,3-24,26-27,29-34,36-38,40-60H2,1-2H3,(H,65,68)/b28-25-,39-35-. The average molecular weight is 987 g/mol. The van der Waals surface area contributed by atoms with Crippen molar-refractivity contribution >= 4 is 11.9 Å². The topological polar surface area (TPSA) is 95.9 Å². The Kier molecular flexibility index (Phi) is 58.5. The number of aliphatic hydroxyl groups is 2. The minimum atomic E-state index is -0.676. The molecule has 0 aliphatic carbocycles. The van der Waals surface area contributed by atoms with Crippen molar-refractivity contribution in [3.63, 3.8) is 0 Å². The van der Waals surface area contributed by atoms with Gasteiger partial charge in [0, 0.05) is 12.8 Å². The number of allylic oxidation sites excluding steroid dienone is 4. The van der Waals surface area contributed by atoms with Gasteiger partial charge >= 0.3 is 5.97 Å². The smallest absolute Gasteiger partial charge is 0.305 e. The summed E-state index contributed by atoms with van der Waals surface area (Å²) < 4.78 is 5.45. The monoisotopic (exact) mass is 986 g/mol. The van der Waals surface area contributed by atoms with E-state index in [1.165, 1.54) is 231 Å². The molecule has 0 rings (SSSR count). The van der Waals surface area contributed by atoms with Crippen molar-refractivity contribution in [2.24, 2.45) is 0 Å². The summed E-state index contributed by atoms with van der Waals surface area (Å²) in [5.74, 6) is -0.0605. The van der Waals surface area contributed by atoms with Gasteiger partial charge in [0.2, 0.25) is 5.91 Å². The van der Waals surface area contributed by atoms with Crippen LogP contribution < -0.4 is 5.32 Å². The zero-order chi connectivity index (χ0) is 50.7. The quantitative estimate of drug-likeness (QED) is 0.0321. The lowest BCUT2D eigenvalue weighted by Gasteiger charge is -2.22. The Morgan fingerprint density at radius 1 is 0.400 bits per heavy atom. The minimum absolute atomic E-state index is 0.0131. The molecule has 0 radical (unpaired) electrons. The summed E-state index contributed by atoms with van der Waals surface area (Å²) in [5, 5.41) is 23.4. The van der Waals surface area contributed by atoms with Gasteiger partial charge in [0.25, 0.3) is 0 Å². The molecule has 2 unspecified atom stereocenters. The molecule has 0 bridgehead atoms. The molecule has 6 nitrogen and oxygen atoms in total. The van der Waals surface area contributed by atoms with Crippen LogP contribution in [0.15, 0.2) is 24.3 Å². The second-order valence-electron chi connectivity index (χ2n) is 21.7. The van der Waals surface area contributed by atoms with E-state index in [4.69, 9.17) is 4.74 Å². The molecule has 0 aliphatic heterocycles. The highest BCUT2D eigenvalue weighted by Crippen LogP contribution is 2.18. The third-order valence-corrected chi connectivity index (χ3v) is 14.8. The summed E-state index contributed by atoms with van der Waals surface area (Å²) in [6.07, 6.45) is 73.3. The highest BCUT2D eigenvalue weighted by molar-refractivity contribution is 5.76. The number of hydrogen-bond donors (Lipinski definition) is 3. The van der Waals surface area contributed by atoms with Crippen molar-refractivity contribution in [1.82, 2.24) is 5.32 Å².